The molecular weight excluding hydrogens is 268 g/mol. The molecule has 1 unspecified atom stereocenters. The molecule has 1 N–H and O–H groups in total. The Hall–Kier alpha value is -0.910. The van der Waals surface area contributed by atoms with Gasteiger partial charge in [-0.1, -0.05) is 11.6 Å². The molecule has 2 aromatic heterocycles. The maximum Gasteiger partial charge on any atom is 0.109 e. The van der Waals surface area contributed by atoms with E-state index >= 15 is 0 Å². The van der Waals surface area contributed by atoms with Crippen LogP contribution in [0.5, 0.6) is 0 Å². The van der Waals surface area contributed by atoms with Crippen LogP contribution in [-0.2, 0) is 13.6 Å². The lowest BCUT2D eigenvalue weighted by Crippen LogP contribution is -2.19. The summed E-state index contributed by atoms with van der Waals surface area (Å²) in [6, 6.07) is 0.218. The molecule has 6 heteroatoms. The Bertz CT molecular complexity index is 546. The minimum absolute atomic E-state index is 0.218. The van der Waals surface area contributed by atoms with Crippen LogP contribution < -0.4 is 5.32 Å². The molecule has 18 heavy (non-hydrogen) atoms. The Labute approximate surface area is 116 Å². The van der Waals surface area contributed by atoms with E-state index in [-0.39, 0.29) is 6.04 Å². The molecule has 0 saturated carbocycles. The van der Waals surface area contributed by atoms with Gasteiger partial charge in [0.25, 0.3) is 0 Å². The first-order chi connectivity index (χ1) is 8.49. The molecule has 0 radical (unpaired) electrons. The van der Waals surface area contributed by atoms with Crippen molar-refractivity contribution in [3.63, 3.8) is 0 Å². The highest BCUT2D eigenvalue weighted by Gasteiger charge is 2.14. The van der Waals surface area contributed by atoms with Crippen LogP contribution in [0.2, 0.25) is 5.02 Å². The van der Waals surface area contributed by atoms with E-state index < -0.39 is 0 Å². The predicted octanol–water partition coefficient (Wildman–Crippen LogP) is 3.00. The summed E-state index contributed by atoms with van der Waals surface area (Å²) in [4.78, 5) is 5.61. The first-order valence-corrected chi connectivity index (χ1v) is 7.02. The highest BCUT2D eigenvalue weighted by molar-refractivity contribution is 7.11. The van der Waals surface area contributed by atoms with E-state index in [1.54, 1.807) is 11.3 Å². The Morgan fingerprint density at radius 1 is 1.50 bits per heavy atom. The van der Waals surface area contributed by atoms with E-state index in [1.807, 2.05) is 24.9 Å². The third-order valence-electron chi connectivity index (χ3n) is 2.85. The number of rotatable bonds is 4. The van der Waals surface area contributed by atoms with Crippen molar-refractivity contribution in [1.29, 1.82) is 0 Å². The van der Waals surface area contributed by atoms with Gasteiger partial charge < -0.3 is 5.32 Å². The monoisotopic (exact) mass is 284 g/mol. The van der Waals surface area contributed by atoms with Gasteiger partial charge in [0.2, 0.25) is 0 Å². The van der Waals surface area contributed by atoms with Gasteiger partial charge >= 0.3 is 0 Å². The second-order valence-electron chi connectivity index (χ2n) is 4.38. The molecule has 0 fully saturated rings. The van der Waals surface area contributed by atoms with E-state index in [9.17, 15) is 0 Å². The second kappa shape index (κ2) is 5.38. The first kappa shape index (κ1) is 13.5. The molecule has 2 aromatic rings. The summed E-state index contributed by atoms with van der Waals surface area (Å²) in [6.45, 7) is 6.78. The van der Waals surface area contributed by atoms with Crippen molar-refractivity contribution in [1.82, 2.24) is 20.1 Å². The quantitative estimate of drug-likeness (QED) is 0.938. The summed E-state index contributed by atoms with van der Waals surface area (Å²) in [6.07, 6.45) is 1.90. The maximum absolute atomic E-state index is 6.21. The average molecular weight is 285 g/mol. The van der Waals surface area contributed by atoms with Crippen LogP contribution in [0, 0.1) is 13.8 Å². The van der Waals surface area contributed by atoms with Crippen LogP contribution in [0.1, 0.15) is 34.2 Å². The topological polar surface area (TPSA) is 42.7 Å². The van der Waals surface area contributed by atoms with Crippen LogP contribution in [0.4, 0.5) is 0 Å². The fourth-order valence-electron chi connectivity index (χ4n) is 1.78. The van der Waals surface area contributed by atoms with Gasteiger partial charge in [0.15, 0.2) is 0 Å². The molecule has 0 aliphatic carbocycles. The molecule has 0 bridgehead atoms. The number of aryl methyl sites for hydroxylation is 3. The predicted molar refractivity (Wildman–Crippen MR) is 75.1 cm³/mol. The number of thiazole rings is 1. The SMILES string of the molecule is Cc1cnc(C(C)NCc2c(Cl)c(C)nn2C)s1. The Morgan fingerprint density at radius 2 is 2.22 bits per heavy atom. The minimum Gasteiger partial charge on any atom is -0.302 e. The first-order valence-electron chi connectivity index (χ1n) is 5.82. The molecule has 4 nitrogen and oxygen atoms in total. The van der Waals surface area contributed by atoms with Gasteiger partial charge in [0.1, 0.15) is 5.01 Å². The summed E-state index contributed by atoms with van der Waals surface area (Å²) in [5.74, 6) is 0. The van der Waals surface area contributed by atoms with Crippen molar-refractivity contribution in [3.05, 3.63) is 32.5 Å². The van der Waals surface area contributed by atoms with Gasteiger partial charge in [-0.3, -0.25) is 4.68 Å². The number of hydrogen-bond acceptors (Lipinski definition) is 4. The van der Waals surface area contributed by atoms with Gasteiger partial charge in [-0.25, -0.2) is 4.98 Å². The van der Waals surface area contributed by atoms with Gasteiger partial charge in [0.05, 0.1) is 22.5 Å². The number of halogens is 1. The zero-order valence-electron chi connectivity index (χ0n) is 11.0. The molecule has 2 rings (SSSR count). The van der Waals surface area contributed by atoms with Gasteiger partial charge in [-0.05, 0) is 20.8 Å². The molecule has 0 amide bonds. The van der Waals surface area contributed by atoms with Crippen LogP contribution in [-0.4, -0.2) is 14.8 Å². The van der Waals surface area contributed by atoms with Crippen molar-refractivity contribution >= 4 is 22.9 Å². The third kappa shape index (κ3) is 2.74. The van der Waals surface area contributed by atoms with E-state index in [1.165, 1.54) is 4.88 Å². The van der Waals surface area contributed by atoms with Crippen molar-refractivity contribution in [2.24, 2.45) is 7.05 Å². The van der Waals surface area contributed by atoms with E-state index in [4.69, 9.17) is 11.6 Å². The molecule has 0 aromatic carbocycles. The molecule has 0 spiro atoms. The van der Waals surface area contributed by atoms with E-state index in [2.05, 4.69) is 29.2 Å². The Kier molecular flexibility index (Phi) is 4.04. The van der Waals surface area contributed by atoms with Crippen molar-refractivity contribution < 1.29 is 0 Å². The summed E-state index contributed by atoms with van der Waals surface area (Å²) >= 11 is 7.93. The minimum atomic E-state index is 0.218. The smallest absolute Gasteiger partial charge is 0.109 e. The van der Waals surface area contributed by atoms with Crippen LogP contribution in [0.15, 0.2) is 6.20 Å². The molecule has 98 valence electrons. The highest BCUT2D eigenvalue weighted by atomic mass is 35.5. The standard InChI is InChI=1S/C12H17ClN4S/c1-7-5-15-12(18-7)9(3)14-6-10-11(13)8(2)16-17(10)4/h5,9,14H,6H2,1-4H3. The maximum atomic E-state index is 6.21. The largest absolute Gasteiger partial charge is 0.302 e. The number of hydrogen-bond donors (Lipinski definition) is 1. The normalized spacial score (nSPS) is 12.9. The average Bonchev–Trinajstić information content (AvgIpc) is 2.83. The van der Waals surface area contributed by atoms with E-state index in [0.29, 0.717) is 6.54 Å². The summed E-state index contributed by atoms with van der Waals surface area (Å²) in [5, 5.41) is 9.57. The molecule has 2 heterocycles. The lowest BCUT2D eigenvalue weighted by molar-refractivity contribution is 0.546. The van der Waals surface area contributed by atoms with Gasteiger partial charge in [0, 0.05) is 24.7 Å². The van der Waals surface area contributed by atoms with Crippen LogP contribution in [0.3, 0.4) is 0 Å². The molecule has 0 aliphatic heterocycles. The van der Waals surface area contributed by atoms with Crippen LogP contribution in [0.25, 0.3) is 0 Å². The molecule has 0 saturated heterocycles. The van der Waals surface area contributed by atoms with Crippen molar-refractivity contribution in [2.45, 2.75) is 33.4 Å². The lowest BCUT2D eigenvalue weighted by Gasteiger charge is -2.11. The van der Waals surface area contributed by atoms with Crippen LogP contribution >= 0.6 is 22.9 Å². The van der Waals surface area contributed by atoms with Crippen molar-refractivity contribution in [3.8, 4) is 0 Å². The molecule has 1 atom stereocenters. The lowest BCUT2D eigenvalue weighted by atomic mass is 10.3. The molecular formula is C12H17ClN4S. The second-order valence-corrected chi connectivity index (χ2v) is 6.03. The number of nitrogens with zero attached hydrogens (tertiary/aromatic N) is 3. The number of nitrogens with one attached hydrogen (secondary N) is 1. The fourth-order valence-corrected chi connectivity index (χ4v) is 2.81. The van der Waals surface area contributed by atoms with Crippen molar-refractivity contribution in [2.75, 3.05) is 0 Å². The fraction of sp³-hybridized carbons (Fsp3) is 0.500. The Morgan fingerprint density at radius 3 is 2.72 bits per heavy atom. The highest BCUT2D eigenvalue weighted by Crippen LogP contribution is 2.22. The summed E-state index contributed by atoms with van der Waals surface area (Å²) in [5.41, 5.74) is 1.88. The summed E-state index contributed by atoms with van der Waals surface area (Å²) in [7, 11) is 1.91. The van der Waals surface area contributed by atoms with E-state index in [0.717, 1.165) is 21.4 Å². The molecule has 0 aliphatic rings. The van der Waals surface area contributed by atoms with Gasteiger partial charge in [-0.2, -0.15) is 5.10 Å². The zero-order valence-corrected chi connectivity index (χ0v) is 12.6. The zero-order chi connectivity index (χ0) is 13.3. The Balaban J connectivity index is 2.03. The van der Waals surface area contributed by atoms with Gasteiger partial charge in [-0.15, -0.1) is 11.3 Å². The third-order valence-corrected chi connectivity index (χ3v) is 4.43. The summed E-state index contributed by atoms with van der Waals surface area (Å²) < 4.78 is 1.82. The number of aromatic nitrogens is 3.